The maximum Gasteiger partial charge on any atom is 0.407 e. The van der Waals surface area contributed by atoms with E-state index < -0.39 is 11.7 Å². The van der Waals surface area contributed by atoms with Gasteiger partial charge in [0.25, 0.3) is 0 Å². The third kappa shape index (κ3) is 5.59. The molecule has 0 saturated carbocycles. The van der Waals surface area contributed by atoms with Crippen LogP contribution in [0.3, 0.4) is 0 Å². The molecule has 1 aliphatic carbocycles. The molecule has 0 saturated heterocycles. The Balaban J connectivity index is 1.46. The lowest BCUT2D eigenvalue weighted by Crippen LogP contribution is -2.42. The van der Waals surface area contributed by atoms with Crippen molar-refractivity contribution in [3.8, 4) is 22.8 Å². The van der Waals surface area contributed by atoms with Gasteiger partial charge in [0.05, 0.1) is 17.9 Å². The summed E-state index contributed by atoms with van der Waals surface area (Å²) < 4.78 is 7.37. The van der Waals surface area contributed by atoms with Crippen molar-refractivity contribution in [3.63, 3.8) is 0 Å². The van der Waals surface area contributed by atoms with Gasteiger partial charge < -0.3 is 10.1 Å². The summed E-state index contributed by atoms with van der Waals surface area (Å²) in [5.41, 5.74) is 5.17. The van der Waals surface area contributed by atoms with Gasteiger partial charge in [-0.05, 0) is 51.3 Å². The van der Waals surface area contributed by atoms with Gasteiger partial charge in [-0.3, -0.25) is 9.67 Å². The van der Waals surface area contributed by atoms with Gasteiger partial charge in [0, 0.05) is 42.2 Å². The summed E-state index contributed by atoms with van der Waals surface area (Å²) in [5, 5.41) is 7.85. The average Bonchev–Trinajstić information content (AvgIpc) is 3.31. The van der Waals surface area contributed by atoms with Gasteiger partial charge in [-0.25, -0.2) is 14.8 Å². The van der Waals surface area contributed by atoms with Crippen molar-refractivity contribution in [2.24, 2.45) is 0 Å². The van der Waals surface area contributed by atoms with E-state index in [1.165, 1.54) is 0 Å². The zero-order valence-corrected chi connectivity index (χ0v) is 20.8. The van der Waals surface area contributed by atoms with Crippen LogP contribution in [0.1, 0.15) is 44.0 Å². The Morgan fingerprint density at radius 1 is 1.11 bits per heavy atom. The number of rotatable bonds is 5. The normalized spacial score (nSPS) is 15.2. The zero-order valence-electron chi connectivity index (χ0n) is 20.8. The van der Waals surface area contributed by atoms with E-state index in [9.17, 15) is 4.79 Å². The molecule has 1 aromatic carbocycles. The molecule has 36 heavy (non-hydrogen) atoms. The number of nitrogens with zero attached hydrogens (tertiary/aromatic N) is 5. The first-order valence-electron chi connectivity index (χ1n) is 12.2. The first-order valence-corrected chi connectivity index (χ1v) is 12.2. The molecule has 0 fully saturated rings. The van der Waals surface area contributed by atoms with E-state index in [1.54, 1.807) is 6.20 Å². The van der Waals surface area contributed by atoms with Crippen LogP contribution in [-0.2, 0) is 24.1 Å². The van der Waals surface area contributed by atoms with Crippen molar-refractivity contribution in [2.75, 3.05) is 0 Å². The van der Waals surface area contributed by atoms with Crippen molar-refractivity contribution in [2.45, 2.75) is 58.2 Å². The molecule has 8 heteroatoms. The number of alkyl carbamates (subject to hydrolysis) is 1. The topological polar surface area (TPSA) is 94.8 Å². The van der Waals surface area contributed by atoms with Crippen LogP contribution in [-0.4, -0.2) is 42.5 Å². The summed E-state index contributed by atoms with van der Waals surface area (Å²) in [5.74, 6) is 0.657. The summed E-state index contributed by atoms with van der Waals surface area (Å²) in [6.45, 7) is 6.22. The predicted octanol–water partition coefficient (Wildman–Crippen LogP) is 4.83. The lowest BCUT2D eigenvalue weighted by atomic mass is 9.90. The average molecular weight is 483 g/mol. The first kappa shape index (κ1) is 23.7. The number of hydrogen-bond donors (Lipinski definition) is 1. The van der Waals surface area contributed by atoms with Crippen molar-refractivity contribution >= 4 is 6.09 Å². The van der Waals surface area contributed by atoms with Gasteiger partial charge in [0.15, 0.2) is 5.82 Å². The number of hydrogen-bond acceptors (Lipinski definition) is 6. The second kappa shape index (κ2) is 9.89. The molecule has 1 amide bonds. The number of ether oxygens (including phenoxy) is 1. The van der Waals surface area contributed by atoms with Crippen LogP contribution in [0, 0.1) is 0 Å². The number of amides is 1. The van der Waals surface area contributed by atoms with E-state index in [1.807, 2.05) is 86.4 Å². The predicted molar refractivity (Wildman–Crippen MR) is 137 cm³/mol. The second-order valence-corrected chi connectivity index (χ2v) is 10.0. The fraction of sp³-hybridized carbons (Fsp3) is 0.321. The molecular weight excluding hydrogens is 452 g/mol. The SMILES string of the molecule is CC(C)(C)OC(=O)NC1CCc2c(nc(-c3ccccc3)nc2-c2ccn(Cc3cccnc3)n2)C1. The highest BCUT2D eigenvalue weighted by atomic mass is 16.6. The Morgan fingerprint density at radius 2 is 1.94 bits per heavy atom. The molecule has 3 aromatic heterocycles. The van der Waals surface area contributed by atoms with E-state index in [0.717, 1.165) is 46.6 Å². The molecular formula is C28H30N6O2. The molecule has 1 aliphatic rings. The fourth-order valence-electron chi connectivity index (χ4n) is 4.40. The van der Waals surface area contributed by atoms with Crippen LogP contribution in [0.15, 0.2) is 67.1 Å². The molecule has 1 N–H and O–H groups in total. The third-order valence-electron chi connectivity index (χ3n) is 5.98. The molecule has 0 spiro atoms. The molecule has 0 bridgehead atoms. The smallest absolute Gasteiger partial charge is 0.407 e. The van der Waals surface area contributed by atoms with E-state index in [4.69, 9.17) is 19.8 Å². The lowest BCUT2D eigenvalue weighted by Gasteiger charge is -2.28. The molecule has 0 aliphatic heterocycles. The van der Waals surface area contributed by atoms with Gasteiger partial charge in [-0.2, -0.15) is 5.10 Å². The minimum atomic E-state index is -0.541. The van der Waals surface area contributed by atoms with Gasteiger partial charge in [0.2, 0.25) is 0 Å². The van der Waals surface area contributed by atoms with E-state index in [0.29, 0.717) is 18.8 Å². The molecule has 3 heterocycles. The van der Waals surface area contributed by atoms with E-state index in [-0.39, 0.29) is 6.04 Å². The highest BCUT2D eigenvalue weighted by Gasteiger charge is 2.28. The Hall–Kier alpha value is -4.07. The Bertz CT molecular complexity index is 1350. The van der Waals surface area contributed by atoms with Gasteiger partial charge in [-0.15, -0.1) is 0 Å². The number of benzene rings is 1. The monoisotopic (exact) mass is 482 g/mol. The zero-order chi connectivity index (χ0) is 25.1. The molecule has 5 rings (SSSR count). The minimum Gasteiger partial charge on any atom is -0.444 e. The van der Waals surface area contributed by atoms with E-state index in [2.05, 4.69) is 10.3 Å². The van der Waals surface area contributed by atoms with Crippen molar-refractivity contribution in [1.29, 1.82) is 0 Å². The number of pyridine rings is 1. The molecule has 1 unspecified atom stereocenters. The quantitative estimate of drug-likeness (QED) is 0.438. The molecule has 4 aromatic rings. The van der Waals surface area contributed by atoms with Crippen LogP contribution in [0.5, 0.6) is 0 Å². The fourth-order valence-corrected chi connectivity index (χ4v) is 4.40. The number of carbonyl (C=O) groups excluding carboxylic acids is 1. The number of aromatic nitrogens is 5. The van der Waals surface area contributed by atoms with Gasteiger partial charge in [-0.1, -0.05) is 36.4 Å². The van der Waals surface area contributed by atoms with Crippen molar-refractivity contribution in [3.05, 3.63) is 83.9 Å². The Morgan fingerprint density at radius 3 is 2.69 bits per heavy atom. The summed E-state index contributed by atoms with van der Waals surface area (Å²) in [6.07, 6.45) is 7.32. The summed E-state index contributed by atoms with van der Waals surface area (Å²) in [7, 11) is 0. The summed E-state index contributed by atoms with van der Waals surface area (Å²) in [6, 6.07) is 15.9. The minimum absolute atomic E-state index is 0.0538. The standard InChI is InChI=1S/C28H30N6O2/c1-28(2,3)36-27(35)30-21-11-12-22-24(16-21)31-26(20-9-5-4-6-10-20)32-25(22)23-13-15-34(33-23)18-19-8-7-14-29-17-19/h4-10,13-15,17,21H,11-12,16,18H2,1-3H3,(H,30,35). The van der Waals surface area contributed by atoms with Crippen LogP contribution >= 0.6 is 0 Å². The van der Waals surface area contributed by atoms with Gasteiger partial charge in [0.1, 0.15) is 11.3 Å². The third-order valence-corrected chi connectivity index (χ3v) is 5.98. The van der Waals surface area contributed by atoms with Crippen molar-refractivity contribution < 1.29 is 9.53 Å². The highest BCUT2D eigenvalue weighted by Crippen LogP contribution is 2.31. The largest absolute Gasteiger partial charge is 0.444 e. The van der Waals surface area contributed by atoms with Crippen LogP contribution in [0.4, 0.5) is 4.79 Å². The van der Waals surface area contributed by atoms with Crippen molar-refractivity contribution in [1.82, 2.24) is 30.0 Å². The number of fused-ring (bicyclic) bond motifs is 1. The molecule has 1 atom stereocenters. The summed E-state index contributed by atoms with van der Waals surface area (Å²) in [4.78, 5) is 26.5. The molecule has 8 nitrogen and oxygen atoms in total. The second-order valence-electron chi connectivity index (χ2n) is 10.0. The number of carbonyl (C=O) groups is 1. The van der Waals surface area contributed by atoms with Crippen LogP contribution < -0.4 is 5.32 Å². The van der Waals surface area contributed by atoms with E-state index >= 15 is 0 Å². The van der Waals surface area contributed by atoms with Crippen LogP contribution in [0.2, 0.25) is 0 Å². The Labute approximate surface area is 210 Å². The number of nitrogens with one attached hydrogen (secondary N) is 1. The first-order chi connectivity index (χ1) is 17.3. The molecule has 0 radical (unpaired) electrons. The maximum atomic E-state index is 12.4. The Kier molecular flexibility index (Phi) is 6.50. The lowest BCUT2D eigenvalue weighted by molar-refractivity contribution is 0.0500. The molecule has 184 valence electrons. The maximum absolute atomic E-state index is 12.4. The highest BCUT2D eigenvalue weighted by molar-refractivity contribution is 5.69. The summed E-state index contributed by atoms with van der Waals surface area (Å²) >= 11 is 0. The van der Waals surface area contributed by atoms with Gasteiger partial charge >= 0.3 is 6.09 Å². The van der Waals surface area contributed by atoms with Crippen LogP contribution in [0.25, 0.3) is 22.8 Å².